The summed E-state index contributed by atoms with van der Waals surface area (Å²) in [5.74, 6) is 0. The summed E-state index contributed by atoms with van der Waals surface area (Å²) in [5, 5.41) is 12.1. The van der Waals surface area contributed by atoms with Gasteiger partial charge in [0.15, 0.2) is 0 Å². The number of likely N-dealkylation sites (tertiary alicyclic amines) is 1. The lowest BCUT2D eigenvalue weighted by Crippen LogP contribution is -2.72. The van der Waals surface area contributed by atoms with Crippen molar-refractivity contribution in [1.82, 2.24) is 10.2 Å². The van der Waals surface area contributed by atoms with Gasteiger partial charge in [-0.1, -0.05) is 27.7 Å². The van der Waals surface area contributed by atoms with Gasteiger partial charge in [-0.05, 0) is 32.1 Å². The molecule has 112 valence electrons. The summed E-state index contributed by atoms with van der Waals surface area (Å²) >= 11 is 0. The SMILES string of the molecule is CC(C)(CO)CCCNC(=O)N1CC(C)(C)C1(C)C. The number of hydrogen-bond donors (Lipinski definition) is 2. The van der Waals surface area contributed by atoms with Crippen LogP contribution in [0.15, 0.2) is 0 Å². The summed E-state index contributed by atoms with van der Waals surface area (Å²) in [6.07, 6.45) is 1.82. The van der Waals surface area contributed by atoms with Crippen LogP contribution in [0.25, 0.3) is 0 Å². The van der Waals surface area contributed by atoms with Gasteiger partial charge in [0, 0.05) is 30.7 Å². The van der Waals surface area contributed by atoms with Crippen molar-refractivity contribution in [3.8, 4) is 0 Å². The number of amides is 2. The summed E-state index contributed by atoms with van der Waals surface area (Å²) in [5.41, 5.74) is 0.0490. The summed E-state index contributed by atoms with van der Waals surface area (Å²) in [7, 11) is 0. The highest BCUT2D eigenvalue weighted by atomic mass is 16.3. The van der Waals surface area contributed by atoms with Gasteiger partial charge < -0.3 is 15.3 Å². The van der Waals surface area contributed by atoms with Crippen LogP contribution in [0, 0.1) is 10.8 Å². The fraction of sp³-hybridized carbons (Fsp3) is 0.933. The van der Waals surface area contributed by atoms with Crippen LogP contribution in [0.3, 0.4) is 0 Å². The topological polar surface area (TPSA) is 52.6 Å². The van der Waals surface area contributed by atoms with E-state index in [0.29, 0.717) is 6.54 Å². The number of nitrogens with one attached hydrogen (secondary N) is 1. The molecule has 1 fully saturated rings. The third kappa shape index (κ3) is 3.41. The number of aliphatic hydroxyl groups is 1. The minimum absolute atomic E-state index is 0.0335. The second kappa shape index (κ2) is 5.31. The Morgan fingerprint density at radius 1 is 1.32 bits per heavy atom. The molecule has 1 rings (SSSR count). The van der Waals surface area contributed by atoms with E-state index in [1.54, 1.807) is 0 Å². The lowest BCUT2D eigenvalue weighted by molar-refractivity contribution is -0.0807. The molecule has 0 unspecified atom stereocenters. The van der Waals surface area contributed by atoms with Crippen molar-refractivity contribution in [1.29, 1.82) is 0 Å². The van der Waals surface area contributed by atoms with Gasteiger partial charge in [-0.3, -0.25) is 0 Å². The zero-order valence-corrected chi connectivity index (χ0v) is 13.3. The van der Waals surface area contributed by atoms with E-state index in [1.807, 2.05) is 18.7 Å². The maximum atomic E-state index is 12.1. The highest BCUT2D eigenvalue weighted by Gasteiger charge is 2.54. The Morgan fingerprint density at radius 3 is 2.32 bits per heavy atom. The number of carbonyl (C=O) groups excluding carboxylic acids is 1. The van der Waals surface area contributed by atoms with E-state index in [1.165, 1.54) is 0 Å². The smallest absolute Gasteiger partial charge is 0.317 e. The Kier molecular flexibility index (Phi) is 4.55. The van der Waals surface area contributed by atoms with E-state index >= 15 is 0 Å². The molecule has 1 aliphatic rings. The molecule has 0 aromatic heterocycles. The minimum atomic E-state index is -0.0819. The molecular formula is C15H30N2O2. The summed E-state index contributed by atoms with van der Waals surface area (Å²) < 4.78 is 0. The van der Waals surface area contributed by atoms with E-state index in [0.717, 1.165) is 19.4 Å². The Labute approximate surface area is 117 Å². The van der Waals surface area contributed by atoms with Crippen molar-refractivity contribution in [3.63, 3.8) is 0 Å². The molecule has 0 radical (unpaired) electrons. The van der Waals surface area contributed by atoms with E-state index in [2.05, 4.69) is 33.0 Å². The van der Waals surface area contributed by atoms with Crippen molar-refractivity contribution in [2.24, 2.45) is 10.8 Å². The normalized spacial score (nSPS) is 20.9. The molecule has 1 saturated heterocycles. The van der Waals surface area contributed by atoms with E-state index in [9.17, 15) is 4.79 Å². The quantitative estimate of drug-likeness (QED) is 0.755. The number of carbonyl (C=O) groups is 1. The van der Waals surface area contributed by atoms with Crippen LogP contribution in [0.2, 0.25) is 0 Å². The number of rotatable bonds is 5. The number of urea groups is 1. The lowest BCUT2D eigenvalue weighted by Gasteiger charge is -2.61. The molecule has 19 heavy (non-hydrogen) atoms. The largest absolute Gasteiger partial charge is 0.396 e. The maximum absolute atomic E-state index is 12.1. The minimum Gasteiger partial charge on any atom is -0.396 e. The summed E-state index contributed by atoms with van der Waals surface area (Å²) in [6, 6.07) is 0.0335. The molecule has 0 aliphatic carbocycles. The highest BCUT2D eigenvalue weighted by molar-refractivity contribution is 5.76. The van der Waals surface area contributed by atoms with Crippen LogP contribution >= 0.6 is 0 Å². The van der Waals surface area contributed by atoms with Crippen molar-refractivity contribution in [2.75, 3.05) is 19.7 Å². The van der Waals surface area contributed by atoms with Gasteiger partial charge in [0.25, 0.3) is 0 Å². The van der Waals surface area contributed by atoms with E-state index in [4.69, 9.17) is 5.11 Å². The third-order valence-corrected chi connectivity index (χ3v) is 4.86. The molecule has 1 aliphatic heterocycles. The Balaban J connectivity index is 2.31. The molecule has 2 N–H and O–H groups in total. The molecule has 0 bridgehead atoms. The highest BCUT2D eigenvalue weighted by Crippen LogP contribution is 2.46. The van der Waals surface area contributed by atoms with Gasteiger partial charge in [0.1, 0.15) is 0 Å². The summed E-state index contributed by atoms with van der Waals surface area (Å²) in [6.45, 7) is 14.4. The molecule has 0 aromatic rings. The Morgan fingerprint density at radius 2 is 1.89 bits per heavy atom. The van der Waals surface area contributed by atoms with Crippen LogP contribution < -0.4 is 5.32 Å². The lowest BCUT2D eigenvalue weighted by atomic mass is 9.65. The van der Waals surface area contributed by atoms with Crippen molar-refractivity contribution >= 4 is 6.03 Å². The zero-order chi connectivity index (χ0) is 14.9. The Hall–Kier alpha value is -0.770. The average Bonchev–Trinajstić information content (AvgIpc) is 2.31. The van der Waals surface area contributed by atoms with Gasteiger partial charge in [0.05, 0.1) is 0 Å². The second-order valence-electron chi connectivity index (χ2n) is 7.69. The van der Waals surface area contributed by atoms with Crippen molar-refractivity contribution in [3.05, 3.63) is 0 Å². The summed E-state index contributed by atoms with van der Waals surface area (Å²) in [4.78, 5) is 14.0. The van der Waals surface area contributed by atoms with E-state index in [-0.39, 0.29) is 29.0 Å². The molecule has 0 spiro atoms. The predicted octanol–water partition coefficient (Wildman–Crippen LogP) is 2.62. The third-order valence-electron chi connectivity index (χ3n) is 4.86. The van der Waals surface area contributed by atoms with Gasteiger partial charge in [-0.25, -0.2) is 4.79 Å². The molecule has 0 aromatic carbocycles. The first-order chi connectivity index (χ1) is 8.53. The average molecular weight is 270 g/mol. The molecule has 0 atom stereocenters. The fourth-order valence-corrected chi connectivity index (χ4v) is 2.32. The van der Waals surface area contributed by atoms with Gasteiger partial charge in [-0.2, -0.15) is 0 Å². The van der Waals surface area contributed by atoms with Crippen molar-refractivity contribution < 1.29 is 9.90 Å². The Bertz CT molecular complexity index is 335. The molecular weight excluding hydrogens is 240 g/mol. The van der Waals surface area contributed by atoms with Crippen LogP contribution in [0.5, 0.6) is 0 Å². The zero-order valence-electron chi connectivity index (χ0n) is 13.3. The monoisotopic (exact) mass is 270 g/mol. The molecule has 1 heterocycles. The molecule has 4 heteroatoms. The van der Waals surface area contributed by atoms with Crippen LogP contribution in [-0.2, 0) is 0 Å². The molecule has 4 nitrogen and oxygen atoms in total. The maximum Gasteiger partial charge on any atom is 0.317 e. The van der Waals surface area contributed by atoms with Crippen LogP contribution in [0.4, 0.5) is 4.79 Å². The fourth-order valence-electron chi connectivity index (χ4n) is 2.32. The standard InChI is InChI=1S/C15H30N2O2/c1-13(2,11-18)8-7-9-16-12(19)17-10-14(3,4)15(17,5)6/h18H,7-11H2,1-6H3,(H,16,19). The van der Waals surface area contributed by atoms with Crippen LogP contribution in [0.1, 0.15) is 54.4 Å². The molecule has 0 saturated carbocycles. The first-order valence-electron chi connectivity index (χ1n) is 7.20. The van der Waals surface area contributed by atoms with Crippen molar-refractivity contribution in [2.45, 2.75) is 59.9 Å². The first-order valence-corrected chi connectivity index (χ1v) is 7.20. The number of nitrogens with zero attached hydrogens (tertiary/aromatic N) is 1. The van der Waals surface area contributed by atoms with Gasteiger partial charge in [-0.15, -0.1) is 0 Å². The van der Waals surface area contributed by atoms with E-state index < -0.39 is 0 Å². The van der Waals surface area contributed by atoms with Gasteiger partial charge in [0.2, 0.25) is 0 Å². The predicted molar refractivity (Wildman–Crippen MR) is 78.1 cm³/mol. The number of hydrogen-bond acceptors (Lipinski definition) is 2. The number of aliphatic hydroxyl groups excluding tert-OH is 1. The molecule has 2 amide bonds. The van der Waals surface area contributed by atoms with Gasteiger partial charge >= 0.3 is 6.03 Å². The second-order valence-corrected chi connectivity index (χ2v) is 7.69. The van der Waals surface area contributed by atoms with Crippen LogP contribution in [-0.4, -0.2) is 41.3 Å². The first kappa shape index (κ1) is 16.3.